The van der Waals surface area contributed by atoms with Gasteiger partial charge in [-0.25, -0.2) is 0 Å². The number of ether oxygens (including phenoxy) is 1. The summed E-state index contributed by atoms with van der Waals surface area (Å²) in [6.45, 7) is 15.4. The van der Waals surface area contributed by atoms with Crippen LogP contribution in [0.15, 0.2) is 18.2 Å². The molecule has 0 saturated carbocycles. The number of rotatable bonds is 10. The minimum atomic E-state index is 0.702. The van der Waals surface area contributed by atoms with Crippen molar-refractivity contribution >= 4 is 5.69 Å². The van der Waals surface area contributed by atoms with Crippen molar-refractivity contribution in [2.75, 3.05) is 32.0 Å². The van der Waals surface area contributed by atoms with Gasteiger partial charge in [-0.05, 0) is 42.4 Å². The third-order valence-corrected chi connectivity index (χ3v) is 3.50. The third-order valence-electron chi connectivity index (χ3n) is 3.50. The number of anilines is 1. The number of hydrogen-bond acceptors (Lipinski definition) is 3. The Bertz CT molecular complexity index is 419. The summed E-state index contributed by atoms with van der Waals surface area (Å²) >= 11 is 0. The molecule has 0 heterocycles. The standard InChI is InChI=1S/C19H34N2O/c1-6-11-22-19-8-7-17(12-18(19)20)9-10-21(13-15(2)3)14-16(4)5/h7-8,12,15-16H,6,9-11,13-14,20H2,1-5H3. The molecule has 0 aliphatic carbocycles. The molecule has 0 unspecified atom stereocenters. The van der Waals surface area contributed by atoms with Crippen LogP contribution in [0.2, 0.25) is 0 Å². The van der Waals surface area contributed by atoms with Gasteiger partial charge in [-0.2, -0.15) is 0 Å². The highest BCUT2D eigenvalue weighted by molar-refractivity contribution is 5.54. The van der Waals surface area contributed by atoms with Crippen molar-refractivity contribution in [3.63, 3.8) is 0 Å². The Morgan fingerprint density at radius 2 is 1.73 bits per heavy atom. The first kappa shape index (κ1) is 18.8. The van der Waals surface area contributed by atoms with E-state index in [1.54, 1.807) is 0 Å². The average molecular weight is 306 g/mol. The van der Waals surface area contributed by atoms with Crippen LogP contribution in [-0.4, -0.2) is 31.1 Å². The molecule has 1 aromatic carbocycles. The van der Waals surface area contributed by atoms with Crippen LogP contribution in [0.4, 0.5) is 5.69 Å². The van der Waals surface area contributed by atoms with Crippen molar-refractivity contribution in [3.8, 4) is 5.75 Å². The maximum absolute atomic E-state index is 6.09. The van der Waals surface area contributed by atoms with Crippen molar-refractivity contribution in [1.29, 1.82) is 0 Å². The minimum Gasteiger partial charge on any atom is -0.491 e. The van der Waals surface area contributed by atoms with E-state index in [0.29, 0.717) is 11.8 Å². The van der Waals surface area contributed by atoms with Gasteiger partial charge >= 0.3 is 0 Å². The summed E-state index contributed by atoms with van der Waals surface area (Å²) in [6.07, 6.45) is 2.04. The Balaban J connectivity index is 2.59. The largest absolute Gasteiger partial charge is 0.491 e. The SMILES string of the molecule is CCCOc1ccc(CCN(CC(C)C)CC(C)C)cc1N. The van der Waals surface area contributed by atoms with E-state index in [9.17, 15) is 0 Å². The van der Waals surface area contributed by atoms with Gasteiger partial charge in [0, 0.05) is 19.6 Å². The van der Waals surface area contributed by atoms with Crippen LogP contribution in [0.25, 0.3) is 0 Å². The van der Waals surface area contributed by atoms with Crippen LogP contribution >= 0.6 is 0 Å². The smallest absolute Gasteiger partial charge is 0.142 e. The fourth-order valence-corrected chi connectivity index (χ4v) is 2.67. The number of nitrogens with two attached hydrogens (primary N) is 1. The summed E-state index contributed by atoms with van der Waals surface area (Å²) < 4.78 is 5.64. The fourth-order valence-electron chi connectivity index (χ4n) is 2.67. The molecule has 22 heavy (non-hydrogen) atoms. The molecule has 0 spiro atoms. The Kier molecular flexibility index (Phi) is 8.32. The molecule has 0 radical (unpaired) electrons. The molecule has 1 rings (SSSR count). The second-order valence-corrected chi connectivity index (χ2v) is 7.02. The van der Waals surface area contributed by atoms with Crippen LogP contribution in [0.3, 0.4) is 0 Å². The van der Waals surface area contributed by atoms with Crippen LogP contribution in [0.5, 0.6) is 5.75 Å². The maximum Gasteiger partial charge on any atom is 0.142 e. The van der Waals surface area contributed by atoms with E-state index in [2.05, 4.69) is 51.7 Å². The van der Waals surface area contributed by atoms with Gasteiger partial charge in [0.25, 0.3) is 0 Å². The Morgan fingerprint density at radius 1 is 1.09 bits per heavy atom. The molecular weight excluding hydrogens is 272 g/mol. The van der Waals surface area contributed by atoms with E-state index in [-0.39, 0.29) is 0 Å². The predicted molar refractivity (Wildman–Crippen MR) is 96.5 cm³/mol. The summed E-state index contributed by atoms with van der Waals surface area (Å²) in [4.78, 5) is 2.56. The van der Waals surface area contributed by atoms with E-state index in [1.165, 1.54) is 5.56 Å². The first-order valence-electron chi connectivity index (χ1n) is 8.65. The lowest BCUT2D eigenvalue weighted by Gasteiger charge is -2.26. The monoisotopic (exact) mass is 306 g/mol. The summed E-state index contributed by atoms with van der Waals surface area (Å²) in [5, 5.41) is 0. The highest BCUT2D eigenvalue weighted by Gasteiger charge is 2.10. The molecule has 0 aliphatic heterocycles. The molecule has 0 amide bonds. The fraction of sp³-hybridized carbons (Fsp3) is 0.684. The zero-order chi connectivity index (χ0) is 16.5. The van der Waals surface area contributed by atoms with Crippen molar-refractivity contribution in [1.82, 2.24) is 4.90 Å². The molecule has 0 bridgehead atoms. The molecule has 0 aliphatic rings. The molecule has 0 atom stereocenters. The van der Waals surface area contributed by atoms with Gasteiger partial charge in [-0.15, -0.1) is 0 Å². The van der Waals surface area contributed by atoms with Gasteiger partial charge in [0.15, 0.2) is 0 Å². The van der Waals surface area contributed by atoms with Gasteiger partial charge in [0.05, 0.1) is 12.3 Å². The molecule has 2 N–H and O–H groups in total. The van der Waals surface area contributed by atoms with E-state index < -0.39 is 0 Å². The van der Waals surface area contributed by atoms with Crippen molar-refractivity contribution in [2.24, 2.45) is 11.8 Å². The van der Waals surface area contributed by atoms with Gasteiger partial charge in [0.2, 0.25) is 0 Å². The van der Waals surface area contributed by atoms with Crippen LogP contribution < -0.4 is 10.5 Å². The van der Waals surface area contributed by atoms with E-state index in [4.69, 9.17) is 10.5 Å². The number of hydrogen-bond donors (Lipinski definition) is 1. The van der Waals surface area contributed by atoms with Crippen molar-refractivity contribution in [2.45, 2.75) is 47.5 Å². The highest BCUT2D eigenvalue weighted by atomic mass is 16.5. The zero-order valence-corrected chi connectivity index (χ0v) is 15.1. The molecule has 0 fully saturated rings. The first-order valence-corrected chi connectivity index (χ1v) is 8.65. The predicted octanol–water partition coefficient (Wildman–Crippen LogP) is 4.21. The molecular formula is C19H34N2O. The molecule has 3 nitrogen and oxygen atoms in total. The third kappa shape index (κ3) is 7.17. The minimum absolute atomic E-state index is 0.702. The number of nitrogens with zero attached hydrogens (tertiary/aromatic N) is 1. The quantitative estimate of drug-likeness (QED) is 0.658. The summed E-state index contributed by atoms with van der Waals surface area (Å²) in [5.74, 6) is 2.22. The summed E-state index contributed by atoms with van der Waals surface area (Å²) in [7, 11) is 0. The van der Waals surface area contributed by atoms with E-state index in [0.717, 1.165) is 50.5 Å². The Hall–Kier alpha value is -1.22. The number of nitrogen functional groups attached to an aromatic ring is 1. The number of benzene rings is 1. The Labute approximate surface area is 136 Å². The summed E-state index contributed by atoms with van der Waals surface area (Å²) in [6, 6.07) is 6.22. The maximum atomic E-state index is 6.09. The zero-order valence-electron chi connectivity index (χ0n) is 15.1. The van der Waals surface area contributed by atoms with E-state index in [1.807, 2.05) is 6.07 Å². The van der Waals surface area contributed by atoms with Gasteiger partial charge < -0.3 is 15.4 Å². The van der Waals surface area contributed by atoms with E-state index >= 15 is 0 Å². The normalized spacial score (nSPS) is 11.6. The van der Waals surface area contributed by atoms with Gasteiger partial charge in [-0.1, -0.05) is 40.7 Å². The average Bonchev–Trinajstić information content (AvgIpc) is 2.42. The van der Waals surface area contributed by atoms with Crippen molar-refractivity contribution < 1.29 is 4.74 Å². The lowest BCUT2D eigenvalue weighted by Crippen LogP contribution is -2.33. The lowest BCUT2D eigenvalue weighted by molar-refractivity contribution is 0.222. The van der Waals surface area contributed by atoms with Crippen molar-refractivity contribution in [3.05, 3.63) is 23.8 Å². The van der Waals surface area contributed by atoms with Crippen LogP contribution in [-0.2, 0) is 6.42 Å². The molecule has 0 saturated heterocycles. The summed E-state index contributed by atoms with van der Waals surface area (Å²) in [5.41, 5.74) is 8.14. The van der Waals surface area contributed by atoms with Gasteiger partial charge in [-0.3, -0.25) is 0 Å². The van der Waals surface area contributed by atoms with Crippen LogP contribution in [0, 0.1) is 11.8 Å². The van der Waals surface area contributed by atoms with Gasteiger partial charge in [0.1, 0.15) is 5.75 Å². The second-order valence-electron chi connectivity index (χ2n) is 7.02. The molecule has 3 heteroatoms. The second kappa shape index (κ2) is 9.73. The highest BCUT2D eigenvalue weighted by Crippen LogP contribution is 2.23. The topological polar surface area (TPSA) is 38.5 Å². The lowest BCUT2D eigenvalue weighted by atomic mass is 10.1. The molecule has 1 aromatic rings. The Morgan fingerprint density at radius 3 is 2.23 bits per heavy atom. The molecule has 0 aromatic heterocycles. The van der Waals surface area contributed by atoms with Crippen LogP contribution in [0.1, 0.15) is 46.6 Å². The first-order chi connectivity index (χ1) is 10.4. The molecule has 126 valence electrons.